The van der Waals surface area contributed by atoms with Crippen molar-refractivity contribution in [3.63, 3.8) is 0 Å². The van der Waals surface area contributed by atoms with Crippen LogP contribution in [0.25, 0.3) is 0 Å². The van der Waals surface area contributed by atoms with E-state index in [1.807, 2.05) is 23.1 Å². The number of aromatic nitrogens is 2. The molecule has 29 heavy (non-hydrogen) atoms. The average Bonchev–Trinajstić information content (AvgIpc) is 2.77. The molecule has 0 atom stereocenters. The van der Waals surface area contributed by atoms with E-state index in [1.165, 1.54) is 11.9 Å². The molecule has 1 aromatic heterocycles. The SMILES string of the molecule is COc1cc2c(cc1OC)CN(C(=O)c1cc(N3CCN(C)CC3)ncn1)CC2. The highest BCUT2D eigenvalue weighted by molar-refractivity contribution is 5.93. The summed E-state index contributed by atoms with van der Waals surface area (Å²) >= 11 is 0. The normalized spacial score (nSPS) is 17.1. The maximum Gasteiger partial charge on any atom is 0.272 e. The highest BCUT2D eigenvalue weighted by Gasteiger charge is 2.25. The number of hydrogen-bond donors (Lipinski definition) is 0. The topological polar surface area (TPSA) is 71.0 Å². The molecule has 4 rings (SSSR count). The van der Waals surface area contributed by atoms with E-state index in [-0.39, 0.29) is 5.91 Å². The molecule has 1 amide bonds. The van der Waals surface area contributed by atoms with E-state index in [2.05, 4.69) is 26.8 Å². The van der Waals surface area contributed by atoms with Gasteiger partial charge in [0, 0.05) is 45.3 Å². The zero-order valence-electron chi connectivity index (χ0n) is 17.2. The van der Waals surface area contributed by atoms with Gasteiger partial charge < -0.3 is 24.2 Å². The van der Waals surface area contributed by atoms with Crippen molar-refractivity contribution in [2.75, 3.05) is 58.9 Å². The molecule has 0 bridgehead atoms. The molecular formula is C21H27N5O3. The van der Waals surface area contributed by atoms with Crippen LogP contribution in [0.1, 0.15) is 21.6 Å². The van der Waals surface area contributed by atoms with Crippen LogP contribution < -0.4 is 14.4 Å². The molecule has 2 aliphatic heterocycles. The van der Waals surface area contributed by atoms with Crippen molar-refractivity contribution in [1.29, 1.82) is 0 Å². The molecule has 1 saturated heterocycles. The number of benzene rings is 1. The summed E-state index contributed by atoms with van der Waals surface area (Å²) in [6.45, 7) is 4.96. The Morgan fingerprint density at radius 1 is 0.931 bits per heavy atom. The van der Waals surface area contributed by atoms with E-state index in [0.29, 0.717) is 24.5 Å². The van der Waals surface area contributed by atoms with Crippen LogP contribution in [0.4, 0.5) is 5.82 Å². The van der Waals surface area contributed by atoms with Crippen molar-refractivity contribution >= 4 is 11.7 Å². The third-order valence-corrected chi connectivity index (χ3v) is 5.70. The molecule has 154 valence electrons. The van der Waals surface area contributed by atoms with Crippen molar-refractivity contribution in [3.05, 3.63) is 41.3 Å². The smallest absolute Gasteiger partial charge is 0.272 e. The van der Waals surface area contributed by atoms with Crippen LogP contribution >= 0.6 is 0 Å². The Morgan fingerprint density at radius 3 is 2.31 bits per heavy atom. The minimum Gasteiger partial charge on any atom is -0.493 e. The fourth-order valence-corrected chi connectivity index (χ4v) is 3.89. The lowest BCUT2D eigenvalue weighted by Gasteiger charge is -2.33. The molecule has 8 heteroatoms. The fourth-order valence-electron chi connectivity index (χ4n) is 3.89. The Bertz CT molecular complexity index is 896. The first-order valence-corrected chi connectivity index (χ1v) is 9.87. The number of fused-ring (bicyclic) bond motifs is 1. The summed E-state index contributed by atoms with van der Waals surface area (Å²) < 4.78 is 10.8. The van der Waals surface area contributed by atoms with Gasteiger partial charge in [-0.3, -0.25) is 4.79 Å². The first-order chi connectivity index (χ1) is 14.1. The first-order valence-electron chi connectivity index (χ1n) is 9.87. The average molecular weight is 397 g/mol. The van der Waals surface area contributed by atoms with Crippen LogP contribution in [0.15, 0.2) is 24.5 Å². The molecule has 1 fully saturated rings. The van der Waals surface area contributed by atoms with Gasteiger partial charge in [0.25, 0.3) is 5.91 Å². The molecule has 3 heterocycles. The molecule has 0 N–H and O–H groups in total. The number of rotatable bonds is 4. The van der Waals surface area contributed by atoms with Gasteiger partial charge in [0.15, 0.2) is 11.5 Å². The number of carbonyl (C=O) groups excluding carboxylic acids is 1. The van der Waals surface area contributed by atoms with E-state index in [4.69, 9.17) is 9.47 Å². The largest absolute Gasteiger partial charge is 0.493 e. The molecule has 0 spiro atoms. The molecule has 2 aliphatic rings. The summed E-state index contributed by atoms with van der Waals surface area (Å²) in [5.41, 5.74) is 2.71. The van der Waals surface area contributed by atoms with Crippen molar-refractivity contribution in [3.8, 4) is 11.5 Å². The van der Waals surface area contributed by atoms with Gasteiger partial charge in [0.05, 0.1) is 14.2 Å². The van der Waals surface area contributed by atoms with Crippen molar-refractivity contribution in [2.24, 2.45) is 0 Å². The van der Waals surface area contributed by atoms with Crippen LogP contribution in [-0.2, 0) is 13.0 Å². The second kappa shape index (κ2) is 8.24. The molecule has 0 saturated carbocycles. The van der Waals surface area contributed by atoms with Crippen LogP contribution in [0, 0.1) is 0 Å². The van der Waals surface area contributed by atoms with Gasteiger partial charge in [-0.1, -0.05) is 0 Å². The number of ether oxygens (including phenoxy) is 2. The molecule has 0 aliphatic carbocycles. The Morgan fingerprint density at radius 2 is 1.62 bits per heavy atom. The van der Waals surface area contributed by atoms with Gasteiger partial charge in [-0.15, -0.1) is 0 Å². The standard InChI is InChI=1S/C21H27N5O3/c1-24-6-8-25(9-7-24)20-12-17(22-14-23-20)21(27)26-5-4-15-10-18(28-2)19(29-3)11-16(15)13-26/h10-12,14H,4-9,13H2,1-3H3. The number of likely N-dealkylation sites (N-methyl/N-ethyl adjacent to an activating group) is 1. The van der Waals surface area contributed by atoms with Gasteiger partial charge >= 0.3 is 0 Å². The number of carbonyl (C=O) groups is 1. The number of hydrogen-bond acceptors (Lipinski definition) is 7. The Labute approximate surface area is 171 Å². The van der Waals surface area contributed by atoms with Crippen molar-refractivity contribution < 1.29 is 14.3 Å². The molecular weight excluding hydrogens is 370 g/mol. The lowest BCUT2D eigenvalue weighted by molar-refractivity contribution is 0.0728. The van der Waals surface area contributed by atoms with Crippen LogP contribution in [0.3, 0.4) is 0 Å². The monoisotopic (exact) mass is 397 g/mol. The molecule has 0 unspecified atom stereocenters. The van der Waals surface area contributed by atoms with Gasteiger partial charge in [-0.25, -0.2) is 9.97 Å². The van der Waals surface area contributed by atoms with Crippen molar-refractivity contribution in [2.45, 2.75) is 13.0 Å². The highest BCUT2D eigenvalue weighted by atomic mass is 16.5. The summed E-state index contributed by atoms with van der Waals surface area (Å²) in [4.78, 5) is 28.1. The molecule has 8 nitrogen and oxygen atoms in total. The maximum absolute atomic E-state index is 13.1. The molecule has 1 aromatic carbocycles. The quantitative estimate of drug-likeness (QED) is 0.773. The molecule has 0 radical (unpaired) electrons. The predicted molar refractivity (Wildman–Crippen MR) is 110 cm³/mol. The lowest BCUT2D eigenvalue weighted by atomic mass is 9.98. The molecule has 2 aromatic rings. The number of nitrogens with zero attached hydrogens (tertiary/aromatic N) is 5. The van der Waals surface area contributed by atoms with Gasteiger partial charge in [-0.2, -0.15) is 0 Å². The van der Waals surface area contributed by atoms with Gasteiger partial charge in [-0.05, 0) is 36.7 Å². The number of methoxy groups -OCH3 is 2. The van der Waals surface area contributed by atoms with Crippen molar-refractivity contribution in [1.82, 2.24) is 19.8 Å². The zero-order valence-corrected chi connectivity index (χ0v) is 17.2. The Hall–Kier alpha value is -2.87. The second-order valence-corrected chi connectivity index (χ2v) is 7.50. The fraction of sp³-hybridized carbons (Fsp3) is 0.476. The van der Waals surface area contributed by atoms with Crippen LogP contribution in [-0.4, -0.2) is 79.7 Å². The van der Waals surface area contributed by atoms with E-state index in [1.54, 1.807) is 14.2 Å². The van der Waals surface area contributed by atoms with Gasteiger partial charge in [0.1, 0.15) is 17.8 Å². The second-order valence-electron chi connectivity index (χ2n) is 7.50. The Balaban J connectivity index is 1.51. The predicted octanol–water partition coefficient (Wildman–Crippen LogP) is 1.44. The summed E-state index contributed by atoms with van der Waals surface area (Å²) in [7, 11) is 5.37. The minimum atomic E-state index is -0.0665. The first kappa shape index (κ1) is 19.4. The van der Waals surface area contributed by atoms with E-state index < -0.39 is 0 Å². The van der Waals surface area contributed by atoms with Gasteiger partial charge in [0.2, 0.25) is 0 Å². The Kier molecular flexibility index (Phi) is 5.53. The van der Waals surface area contributed by atoms with E-state index in [0.717, 1.165) is 49.7 Å². The minimum absolute atomic E-state index is 0.0665. The third kappa shape index (κ3) is 3.98. The van der Waals surface area contributed by atoms with Crippen LogP contribution in [0.5, 0.6) is 11.5 Å². The van der Waals surface area contributed by atoms with E-state index >= 15 is 0 Å². The number of piperazine rings is 1. The zero-order chi connectivity index (χ0) is 20.4. The van der Waals surface area contributed by atoms with Crippen LogP contribution in [0.2, 0.25) is 0 Å². The summed E-state index contributed by atoms with van der Waals surface area (Å²) in [5, 5.41) is 0. The summed E-state index contributed by atoms with van der Waals surface area (Å²) in [6.07, 6.45) is 2.27. The lowest BCUT2D eigenvalue weighted by Crippen LogP contribution is -2.45. The number of anilines is 1. The van der Waals surface area contributed by atoms with E-state index in [9.17, 15) is 4.79 Å². The highest BCUT2D eigenvalue weighted by Crippen LogP contribution is 2.33. The number of amides is 1. The maximum atomic E-state index is 13.1. The third-order valence-electron chi connectivity index (χ3n) is 5.70. The summed E-state index contributed by atoms with van der Waals surface area (Å²) in [6, 6.07) is 5.78. The summed E-state index contributed by atoms with van der Waals surface area (Å²) in [5.74, 6) is 2.15.